The highest BCUT2D eigenvalue weighted by molar-refractivity contribution is 5.87. The zero-order chi connectivity index (χ0) is 55.9. The molecule has 3 aliphatic rings. The summed E-state index contributed by atoms with van der Waals surface area (Å²) < 4.78 is 70.2. The molecule has 2 aromatic heterocycles. The molecule has 0 spiro atoms. The molecule has 0 radical (unpaired) electrons. The summed E-state index contributed by atoms with van der Waals surface area (Å²) in [5.74, 6) is 0.329. The van der Waals surface area contributed by atoms with Crippen LogP contribution in [0.4, 0.5) is 33.0 Å². The molecule has 0 saturated carbocycles. The number of methoxy groups -OCH3 is 1. The van der Waals surface area contributed by atoms with Crippen molar-refractivity contribution in [1.82, 2.24) is 41.3 Å². The number of aliphatic hydroxyl groups is 1. The van der Waals surface area contributed by atoms with Gasteiger partial charge in [0.05, 0.1) is 19.3 Å². The van der Waals surface area contributed by atoms with Gasteiger partial charge in [-0.05, 0) is 96.5 Å². The monoisotopic (exact) mass is 1070 g/mol. The number of amides is 5. The molecule has 5 heterocycles. The first-order valence-electron chi connectivity index (χ1n) is 25.3. The molecule has 18 nitrogen and oxygen atoms in total. The number of rotatable bonds is 16. The number of carbonyl (C=O) groups is 5. The standard InChI is InChI=1S/C55H65F4N9O9/c1-54(2,3)46(64-53(75)76-7)49(70)62-42(21-32-13-10-31(11-14-32)12-15-33-16-19-45(60-25-33)66-27-36-17-18-37(28-66)68(36)51(72)44-9-8-20-77-44)43(69)30-67(65-50(71)47(55(4,5)6)63-52(73)74)29-38-39(56)22-34(23-40(38)57)35-24-41(58)48(59)61-26-35/h10-11,13-14,16,19,22-26,36-37,42-44,46-47,63,69H,8-9,17-18,20-21,27-30H2,1-7H3,(H,62,70)(H,64,75)(H,65,71)(H,73,74)/t36?,37?,42?,43?,44-,46?,47?/m0/s1. The molecule has 7 atom stereocenters. The lowest BCUT2D eigenvalue weighted by molar-refractivity contribution is -0.144. The quantitative estimate of drug-likeness (QED) is 0.0336. The second kappa shape index (κ2) is 24.3. The highest BCUT2D eigenvalue weighted by Crippen LogP contribution is 2.34. The number of benzene rings is 2. The van der Waals surface area contributed by atoms with E-state index in [0.717, 1.165) is 61.9 Å². The molecule has 4 aromatic rings. The zero-order valence-corrected chi connectivity index (χ0v) is 44.0. The summed E-state index contributed by atoms with van der Waals surface area (Å²) in [5.41, 5.74) is 1.44. The first-order chi connectivity index (χ1) is 36.4. The summed E-state index contributed by atoms with van der Waals surface area (Å²) in [7, 11) is 1.13. The summed E-state index contributed by atoms with van der Waals surface area (Å²) in [6.45, 7) is 10.4. The van der Waals surface area contributed by atoms with Crippen LogP contribution in [-0.2, 0) is 36.8 Å². The molecule has 0 aliphatic carbocycles. The largest absolute Gasteiger partial charge is 0.465 e. The van der Waals surface area contributed by atoms with Gasteiger partial charge in [-0.25, -0.2) is 37.7 Å². The van der Waals surface area contributed by atoms with Gasteiger partial charge in [-0.3, -0.25) is 19.8 Å². The fraction of sp³-hybridized carbons (Fsp3) is 0.473. The van der Waals surface area contributed by atoms with Crippen molar-refractivity contribution in [3.63, 3.8) is 0 Å². The number of hydrogen-bond donors (Lipinski definition) is 6. The van der Waals surface area contributed by atoms with Gasteiger partial charge in [0.1, 0.15) is 35.6 Å². The Labute approximate surface area is 444 Å². The number of ether oxygens (including phenoxy) is 2. The van der Waals surface area contributed by atoms with E-state index in [2.05, 4.69) is 43.1 Å². The molecule has 5 amide bonds. The summed E-state index contributed by atoms with van der Waals surface area (Å²) >= 11 is 0. The highest BCUT2D eigenvalue weighted by atomic mass is 19.2. The van der Waals surface area contributed by atoms with Crippen molar-refractivity contribution >= 4 is 35.7 Å². The minimum atomic E-state index is -1.67. The molecule has 6 N–H and O–H groups in total. The van der Waals surface area contributed by atoms with Crippen LogP contribution in [-0.4, -0.2) is 136 Å². The number of fused-ring (bicyclic) bond motifs is 2. The Morgan fingerprint density at radius 3 is 1.96 bits per heavy atom. The van der Waals surface area contributed by atoms with Crippen molar-refractivity contribution in [2.45, 2.75) is 123 Å². The van der Waals surface area contributed by atoms with E-state index in [1.807, 2.05) is 17.0 Å². The Morgan fingerprint density at radius 2 is 1.40 bits per heavy atom. The topological polar surface area (TPSA) is 228 Å². The first kappa shape index (κ1) is 57.4. The molecule has 6 unspecified atom stereocenters. The van der Waals surface area contributed by atoms with E-state index in [9.17, 15) is 43.0 Å². The minimum Gasteiger partial charge on any atom is -0.465 e. The van der Waals surface area contributed by atoms with Crippen LogP contribution < -0.4 is 26.3 Å². The first-order valence-corrected chi connectivity index (χ1v) is 25.3. The number of piperazine rings is 1. The number of aromatic nitrogens is 2. The molecular formula is C55H65F4N9O9. The number of carbonyl (C=O) groups excluding carboxylic acids is 4. The zero-order valence-electron chi connectivity index (χ0n) is 44.0. The third kappa shape index (κ3) is 14.6. The third-order valence-electron chi connectivity index (χ3n) is 13.8. The summed E-state index contributed by atoms with van der Waals surface area (Å²) in [4.78, 5) is 77.8. The lowest BCUT2D eigenvalue weighted by Gasteiger charge is -2.42. The van der Waals surface area contributed by atoms with E-state index in [1.54, 1.807) is 72.0 Å². The van der Waals surface area contributed by atoms with Gasteiger partial charge in [0.2, 0.25) is 11.9 Å². The minimum absolute atomic E-state index is 0.0771. The van der Waals surface area contributed by atoms with Crippen molar-refractivity contribution < 1.29 is 61.2 Å². The lowest BCUT2D eigenvalue weighted by atomic mass is 9.85. The van der Waals surface area contributed by atoms with Gasteiger partial charge >= 0.3 is 12.2 Å². The molecule has 2 bridgehead atoms. The van der Waals surface area contributed by atoms with Crippen molar-refractivity contribution in [2.24, 2.45) is 10.8 Å². The Morgan fingerprint density at radius 1 is 0.792 bits per heavy atom. The lowest BCUT2D eigenvalue weighted by Crippen LogP contribution is -2.60. The average Bonchev–Trinajstić information content (AvgIpc) is 4.03. The Balaban J connectivity index is 1.11. The number of hydrazine groups is 1. The number of aliphatic hydroxyl groups excluding tert-OH is 1. The van der Waals surface area contributed by atoms with Crippen molar-refractivity contribution in [1.29, 1.82) is 0 Å². The number of halogens is 4. The van der Waals surface area contributed by atoms with E-state index in [4.69, 9.17) is 14.5 Å². The third-order valence-corrected chi connectivity index (χ3v) is 13.8. The van der Waals surface area contributed by atoms with Crippen LogP contribution >= 0.6 is 0 Å². The summed E-state index contributed by atoms with van der Waals surface area (Å²) in [5, 5.41) is 30.2. The number of hydrogen-bond acceptors (Lipinski definition) is 12. The molecule has 77 heavy (non-hydrogen) atoms. The number of anilines is 1. The second-order valence-corrected chi connectivity index (χ2v) is 21.7. The van der Waals surface area contributed by atoms with Gasteiger partial charge in [0.15, 0.2) is 5.82 Å². The molecule has 7 rings (SSSR count). The van der Waals surface area contributed by atoms with Gasteiger partial charge in [-0.2, -0.15) is 4.39 Å². The van der Waals surface area contributed by atoms with Crippen LogP contribution in [0.1, 0.15) is 89.5 Å². The summed E-state index contributed by atoms with van der Waals surface area (Å²) in [6, 6.07) is 9.45. The van der Waals surface area contributed by atoms with Gasteiger partial charge < -0.3 is 45.4 Å². The Bertz CT molecular complexity index is 2830. The van der Waals surface area contributed by atoms with E-state index in [1.165, 1.54) is 0 Å². The number of nitrogens with one attached hydrogen (secondary N) is 4. The Hall–Kier alpha value is -7.35. The average molecular weight is 1070 g/mol. The maximum Gasteiger partial charge on any atom is 0.407 e. The van der Waals surface area contributed by atoms with Crippen LogP contribution in [0, 0.1) is 46.1 Å². The molecule has 3 fully saturated rings. The van der Waals surface area contributed by atoms with E-state index < -0.39 is 101 Å². The fourth-order valence-corrected chi connectivity index (χ4v) is 9.77. The number of nitrogens with zero attached hydrogens (tertiary/aromatic N) is 5. The Kier molecular flexibility index (Phi) is 18.1. The van der Waals surface area contributed by atoms with Crippen LogP contribution in [0.15, 0.2) is 67.0 Å². The molecule has 412 valence electrons. The normalized spacial score (nSPS) is 18.8. The number of carboxylic acid groups (broad SMARTS) is 1. The van der Waals surface area contributed by atoms with Gasteiger partial charge in [-0.15, -0.1) is 0 Å². The maximum absolute atomic E-state index is 16.0. The van der Waals surface area contributed by atoms with E-state index in [0.29, 0.717) is 42.5 Å². The van der Waals surface area contributed by atoms with Crippen LogP contribution in [0.5, 0.6) is 0 Å². The van der Waals surface area contributed by atoms with Crippen LogP contribution in [0.2, 0.25) is 0 Å². The predicted molar refractivity (Wildman–Crippen MR) is 274 cm³/mol. The predicted octanol–water partition coefficient (Wildman–Crippen LogP) is 5.83. The van der Waals surface area contributed by atoms with Crippen LogP contribution in [0.3, 0.4) is 0 Å². The molecule has 3 saturated heterocycles. The molecule has 22 heteroatoms. The van der Waals surface area contributed by atoms with Gasteiger partial charge in [0, 0.05) is 79.5 Å². The van der Waals surface area contributed by atoms with Gasteiger partial charge in [-0.1, -0.05) is 65.5 Å². The van der Waals surface area contributed by atoms with Crippen molar-refractivity contribution in [3.05, 3.63) is 113 Å². The molecule has 3 aliphatic heterocycles. The van der Waals surface area contributed by atoms with Gasteiger partial charge in [0.25, 0.3) is 11.8 Å². The maximum atomic E-state index is 16.0. The second-order valence-electron chi connectivity index (χ2n) is 21.7. The van der Waals surface area contributed by atoms with Crippen LogP contribution in [0.25, 0.3) is 11.1 Å². The molecule has 2 aromatic carbocycles. The van der Waals surface area contributed by atoms with Crippen molar-refractivity contribution in [3.8, 4) is 23.0 Å². The van der Waals surface area contributed by atoms with E-state index >= 15 is 8.78 Å². The smallest absolute Gasteiger partial charge is 0.407 e. The number of pyridine rings is 2. The summed E-state index contributed by atoms with van der Waals surface area (Å²) in [6.07, 6.45) is 1.58. The molecular weight excluding hydrogens is 1010 g/mol. The van der Waals surface area contributed by atoms with Crippen molar-refractivity contribution in [2.75, 3.05) is 38.3 Å². The van der Waals surface area contributed by atoms with E-state index in [-0.39, 0.29) is 41.6 Å². The highest BCUT2D eigenvalue weighted by Gasteiger charge is 2.45. The number of alkyl carbamates (subject to hydrolysis) is 1. The fourth-order valence-electron chi connectivity index (χ4n) is 9.77. The SMILES string of the molecule is COC(=O)NC(C(=O)NC(Cc1ccc(C#Cc2ccc(N3CC4CCC(C3)N4C(=O)[C@@H]3CCCO3)nc2)cc1)C(O)CN(Cc1c(F)cc(-c2cnc(F)c(F)c2)cc1F)NC(=O)C(NC(=O)O)C(C)(C)C)C(C)(C)C.